The summed E-state index contributed by atoms with van der Waals surface area (Å²) in [6, 6.07) is 10.1. The van der Waals surface area contributed by atoms with Crippen LogP contribution in [0.5, 0.6) is 0 Å². The van der Waals surface area contributed by atoms with Gasteiger partial charge in [0.25, 0.3) is 0 Å². The van der Waals surface area contributed by atoms with Crippen molar-refractivity contribution in [3.63, 3.8) is 0 Å². The van der Waals surface area contributed by atoms with Gasteiger partial charge >= 0.3 is 18.0 Å². The molecule has 2 bridgehead atoms. The van der Waals surface area contributed by atoms with E-state index >= 15 is 0 Å². The van der Waals surface area contributed by atoms with Gasteiger partial charge in [0.05, 0.1) is 29.8 Å². The van der Waals surface area contributed by atoms with Crippen molar-refractivity contribution in [1.82, 2.24) is 5.32 Å². The van der Waals surface area contributed by atoms with Gasteiger partial charge in [0.15, 0.2) is 6.10 Å². The molecule has 1 amide bonds. The minimum absolute atomic E-state index is 0.0463. The lowest BCUT2D eigenvalue weighted by Gasteiger charge is -2.66. The van der Waals surface area contributed by atoms with Crippen molar-refractivity contribution in [2.45, 2.75) is 121 Å². The number of fused-ring (bicyclic) bond motifs is 5. The Hall–Kier alpha value is -3.66. The topological polar surface area (TPSA) is 198 Å². The Morgan fingerprint density at radius 3 is 2.30 bits per heavy atom. The number of thiophene rings is 1. The van der Waals surface area contributed by atoms with Crippen molar-refractivity contribution < 1.29 is 58.6 Å². The molecule has 1 saturated heterocycles. The second-order valence-electron chi connectivity index (χ2n) is 16.5. The monoisotopic (exact) mass is 755 g/mol. The number of ether oxygens (including phenoxy) is 4. The fraction of sp³-hybridized carbons (Fsp3) is 0.590. The van der Waals surface area contributed by atoms with Crippen molar-refractivity contribution in [2.24, 2.45) is 16.7 Å². The molecule has 1 aromatic heterocycles. The summed E-state index contributed by atoms with van der Waals surface area (Å²) < 4.78 is 23.3. The molecule has 5 N–H and O–H groups in total. The number of nitrogens with one attached hydrogen (secondary N) is 1. The van der Waals surface area contributed by atoms with E-state index in [2.05, 4.69) is 5.32 Å². The molecule has 1 unspecified atom stereocenters. The van der Waals surface area contributed by atoms with Crippen LogP contribution in [0.2, 0.25) is 0 Å². The Bertz CT molecular complexity index is 1790. The predicted octanol–water partition coefficient (Wildman–Crippen LogP) is 3.78. The average Bonchev–Trinajstić information content (AvgIpc) is 3.62. The molecule has 288 valence electrons. The molecular formula is C39H49NO12S. The Balaban J connectivity index is 1.42. The molecule has 4 aliphatic rings. The molecule has 53 heavy (non-hydrogen) atoms. The van der Waals surface area contributed by atoms with Gasteiger partial charge < -0.3 is 44.7 Å². The van der Waals surface area contributed by atoms with Gasteiger partial charge in [-0.1, -0.05) is 43.7 Å². The number of Topliss-reactive ketones (excluding diaryl/α,β-unsaturated/α-hetero) is 1. The minimum Gasteiger partial charge on any atom is -0.456 e. The summed E-state index contributed by atoms with van der Waals surface area (Å²) >= 11 is 1.19. The Kier molecular flexibility index (Phi) is 10.00. The zero-order chi connectivity index (χ0) is 38.9. The third-order valence-electron chi connectivity index (χ3n) is 12.0. The SMILES string of the molecule is CC1=C2CC(=O)[C@@]3(C)[C@H]([C@H](OC(=O)c4ccccc4)[C@](O)(CC1OC(=O)[C@H](O)[C@@H](NC(=O)OC(C)(C)C)c1cccs1)C2(C)C)[C@]1(O)CO[C@@H]1C[C@@H]3O. The average molecular weight is 756 g/mol. The maximum atomic E-state index is 14.6. The number of benzene rings is 1. The molecule has 1 aromatic carbocycles. The standard InChI is InChI=1S/C39H49NO12S/c1-20-22-16-25(41)37(7)26(42)17-27-38(47,19-49-27)30(37)31(51-32(44)21-12-9-8-10-13-21)39(48,36(22,5)6)18-23(20)50-33(45)29(43)28(24-14-11-15-53-24)40-34(46)52-35(2,3)4/h8-15,23,26-31,42-43,47-48H,16-19H2,1-7H3,(H,40,46)/t23?,26-,27+,28-,29+,30-,31-,37+,38-,39+/m0/s1. The highest BCUT2D eigenvalue weighted by Crippen LogP contribution is 2.63. The number of aliphatic hydroxyl groups is 4. The summed E-state index contributed by atoms with van der Waals surface area (Å²) in [5.74, 6) is -3.76. The van der Waals surface area contributed by atoms with Gasteiger partial charge in [0.2, 0.25) is 0 Å². The van der Waals surface area contributed by atoms with E-state index in [1.54, 1.807) is 77.3 Å². The Morgan fingerprint density at radius 2 is 1.72 bits per heavy atom. The number of carbonyl (C=O) groups is 4. The molecule has 10 atom stereocenters. The molecular weight excluding hydrogens is 706 g/mol. The number of hydrogen-bond donors (Lipinski definition) is 5. The van der Waals surface area contributed by atoms with Gasteiger partial charge in [-0.2, -0.15) is 0 Å². The second-order valence-corrected chi connectivity index (χ2v) is 17.5. The van der Waals surface area contributed by atoms with Crippen molar-refractivity contribution in [2.75, 3.05) is 6.61 Å². The van der Waals surface area contributed by atoms with Gasteiger partial charge in [0.1, 0.15) is 40.8 Å². The van der Waals surface area contributed by atoms with Crippen LogP contribution in [0.15, 0.2) is 59.0 Å². The fourth-order valence-corrected chi connectivity index (χ4v) is 9.56. The van der Waals surface area contributed by atoms with Crippen molar-refractivity contribution >= 4 is 35.2 Å². The number of amides is 1. The maximum Gasteiger partial charge on any atom is 0.408 e. The molecule has 1 aliphatic heterocycles. The van der Waals surface area contributed by atoms with Crippen molar-refractivity contribution in [1.29, 1.82) is 0 Å². The third kappa shape index (κ3) is 6.50. The van der Waals surface area contributed by atoms with Gasteiger partial charge in [0, 0.05) is 35.5 Å². The molecule has 3 aliphatic carbocycles. The van der Waals surface area contributed by atoms with Crippen molar-refractivity contribution in [3.8, 4) is 0 Å². The zero-order valence-electron chi connectivity index (χ0n) is 31.0. The highest BCUT2D eigenvalue weighted by atomic mass is 32.1. The first-order valence-electron chi connectivity index (χ1n) is 17.8. The highest BCUT2D eigenvalue weighted by molar-refractivity contribution is 7.10. The normalized spacial score (nSPS) is 34.5. The van der Waals surface area contributed by atoms with Crippen LogP contribution in [0.1, 0.15) is 89.0 Å². The smallest absolute Gasteiger partial charge is 0.408 e. The van der Waals surface area contributed by atoms with E-state index in [1.807, 2.05) is 0 Å². The number of carbonyl (C=O) groups excluding carboxylic acids is 4. The minimum atomic E-state index is -2.12. The first kappa shape index (κ1) is 39.0. The van der Waals surface area contributed by atoms with Crippen LogP contribution in [0.3, 0.4) is 0 Å². The van der Waals surface area contributed by atoms with E-state index in [0.717, 1.165) is 0 Å². The lowest BCUT2D eigenvalue weighted by atomic mass is 9.45. The largest absolute Gasteiger partial charge is 0.456 e. The summed E-state index contributed by atoms with van der Waals surface area (Å²) in [4.78, 5) is 55.6. The van der Waals surface area contributed by atoms with Gasteiger partial charge in [-0.3, -0.25) is 4.79 Å². The Morgan fingerprint density at radius 1 is 1.04 bits per heavy atom. The molecule has 2 saturated carbocycles. The first-order valence-corrected chi connectivity index (χ1v) is 18.7. The van der Waals surface area contributed by atoms with E-state index in [0.29, 0.717) is 16.0 Å². The lowest BCUT2D eigenvalue weighted by Crippen LogP contribution is -2.80. The summed E-state index contributed by atoms with van der Waals surface area (Å²) in [6.45, 7) is 11.4. The number of hydrogen-bond acceptors (Lipinski definition) is 13. The predicted molar refractivity (Wildman–Crippen MR) is 191 cm³/mol. The first-order chi connectivity index (χ1) is 24.6. The van der Waals surface area contributed by atoms with E-state index < -0.39 is 93.9 Å². The maximum absolute atomic E-state index is 14.6. The van der Waals surface area contributed by atoms with Gasteiger partial charge in [-0.05, 0) is 63.8 Å². The number of aliphatic hydroxyl groups excluding tert-OH is 2. The summed E-state index contributed by atoms with van der Waals surface area (Å²) in [6.07, 6.45) is -8.58. The quantitative estimate of drug-likeness (QED) is 0.156. The molecule has 0 radical (unpaired) electrons. The van der Waals surface area contributed by atoms with Crippen LogP contribution in [0.25, 0.3) is 0 Å². The van der Waals surface area contributed by atoms with Gasteiger partial charge in [-0.15, -0.1) is 11.3 Å². The number of alkyl carbamates (subject to hydrolysis) is 1. The van der Waals surface area contributed by atoms with Crippen LogP contribution in [-0.2, 0) is 28.5 Å². The van der Waals surface area contributed by atoms with Crippen LogP contribution < -0.4 is 5.32 Å². The molecule has 0 spiro atoms. The van der Waals surface area contributed by atoms with E-state index in [1.165, 1.54) is 30.4 Å². The number of rotatable bonds is 7. The van der Waals surface area contributed by atoms with Gasteiger partial charge in [-0.25, -0.2) is 14.4 Å². The number of esters is 2. The lowest BCUT2D eigenvalue weighted by molar-refractivity contribution is -0.342. The summed E-state index contributed by atoms with van der Waals surface area (Å²) in [5.41, 5.74) is -6.76. The molecule has 2 heterocycles. The molecule has 13 nitrogen and oxygen atoms in total. The second kappa shape index (κ2) is 13.6. The molecule has 14 heteroatoms. The van der Waals surface area contributed by atoms with E-state index in [4.69, 9.17) is 18.9 Å². The summed E-state index contributed by atoms with van der Waals surface area (Å²) in [7, 11) is 0. The third-order valence-corrected chi connectivity index (χ3v) is 12.9. The van der Waals surface area contributed by atoms with Crippen LogP contribution >= 0.6 is 11.3 Å². The highest BCUT2D eigenvalue weighted by Gasteiger charge is 2.75. The summed E-state index contributed by atoms with van der Waals surface area (Å²) in [5, 5.41) is 52.8. The molecule has 2 aromatic rings. The van der Waals surface area contributed by atoms with E-state index in [9.17, 15) is 39.6 Å². The Labute approximate surface area is 312 Å². The van der Waals surface area contributed by atoms with Crippen LogP contribution in [0.4, 0.5) is 4.79 Å². The zero-order valence-corrected chi connectivity index (χ0v) is 31.8. The molecule has 6 rings (SSSR count). The fourth-order valence-electron chi connectivity index (χ4n) is 8.75. The molecule has 3 fully saturated rings. The van der Waals surface area contributed by atoms with Crippen molar-refractivity contribution in [3.05, 3.63) is 69.4 Å². The van der Waals surface area contributed by atoms with Crippen LogP contribution in [0, 0.1) is 16.7 Å². The number of ketones is 1. The van der Waals surface area contributed by atoms with E-state index in [-0.39, 0.29) is 31.4 Å². The van der Waals surface area contributed by atoms with Crippen LogP contribution in [-0.4, -0.2) is 98.2 Å².